The van der Waals surface area contributed by atoms with E-state index in [4.69, 9.17) is 4.74 Å². The molecular weight excluding hydrogens is 268 g/mol. The average molecular weight is 286 g/mol. The minimum absolute atomic E-state index is 0.0204. The van der Waals surface area contributed by atoms with Crippen LogP contribution in [-0.4, -0.2) is 37.2 Å². The summed E-state index contributed by atoms with van der Waals surface area (Å²) in [6.45, 7) is 5.83. The summed E-state index contributed by atoms with van der Waals surface area (Å²) in [5, 5.41) is -0.339. The van der Waals surface area contributed by atoms with Crippen molar-refractivity contribution in [1.29, 1.82) is 0 Å². The van der Waals surface area contributed by atoms with E-state index in [1.165, 1.54) is 6.07 Å². The van der Waals surface area contributed by atoms with Gasteiger partial charge < -0.3 is 4.74 Å². The molecule has 0 N–H and O–H groups in total. The average Bonchev–Trinajstić information content (AvgIpc) is 2.26. The number of hydrogen-bond acceptors (Lipinski definition) is 6. The molecule has 106 valence electrons. The summed E-state index contributed by atoms with van der Waals surface area (Å²) in [4.78, 5) is 19.4. The fourth-order valence-corrected chi connectivity index (χ4v) is 2.02. The van der Waals surface area contributed by atoms with Crippen molar-refractivity contribution in [2.45, 2.75) is 32.3 Å². The zero-order valence-corrected chi connectivity index (χ0v) is 12.3. The van der Waals surface area contributed by atoms with Gasteiger partial charge >= 0.3 is 5.97 Å². The SMILES string of the molecule is CCOC(=O)c1cc(CC(C)C)nc(S(C)(=O)=O)n1. The molecule has 1 heterocycles. The van der Waals surface area contributed by atoms with Crippen LogP contribution in [0.1, 0.15) is 37.0 Å². The van der Waals surface area contributed by atoms with Gasteiger partial charge in [0.1, 0.15) is 0 Å². The molecule has 0 saturated carbocycles. The summed E-state index contributed by atoms with van der Waals surface area (Å²) in [6.07, 6.45) is 1.58. The van der Waals surface area contributed by atoms with Crippen LogP contribution < -0.4 is 0 Å². The van der Waals surface area contributed by atoms with Crippen molar-refractivity contribution in [3.63, 3.8) is 0 Å². The molecule has 1 aromatic rings. The predicted octanol–water partition coefficient (Wildman–Crippen LogP) is 1.26. The Hall–Kier alpha value is -1.50. The van der Waals surface area contributed by atoms with E-state index in [2.05, 4.69) is 9.97 Å². The highest BCUT2D eigenvalue weighted by atomic mass is 32.2. The van der Waals surface area contributed by atoms with E-state index in [0.29, 0.717) is 12.1 Å². The monoisotopic (exact) mass is 286 g/mol. The molecule has 0 saturated heterocycles. The Bertz CT molecular complexity index is 567. The van der Waals surface area contributed by atoms with Gasteiger partial charge in [0.15, 0.2) is 5.69 Å². The maximum atomic E-state index is 11.7. The number of sulfone groups is 1. The smallest absolute Gasteiger partial charge is 0.357 e. The highest BCUT2D eigenvalue weighted by Gasteiger charge is 2.18. The lowest BCUT2D eigenvalue weighted by molar-refractivity contribution is 0.0518. The summed E-state index contributed by atoms with van der Waals surface area (Å²) in [6, 6.07) is 1.48. The summed E-state index contributed by atoms with van der Waals surface area (Å²) in [5.74, 6) is -0.350. The number of aromatic nitrogens is 2. The topological polar surface area (TPSA) is 86.2 Å². The van der Waals surface area contributed by atoms with E-state index in [1.807, 2.05) is 13.8 Å². The normalized spacial score (nSPS) is 11.6. The van der Waals surface area contributed by atoms with E-state index in [9.17, 15) is 13.2 Å². The number of rotatable bonds is 5. The lowest BCUT2D eigenvalue weighted by Crippen LogP contribution is -2.14. The molecule has 1 aromatic heterocycles. The van der Waals surface area contributed by atoms with E-state index < -0.39 is 15.8 Å². The second kappa shape index (κ2) is 6.10. The third-order valence-corrected chi connectivity index (χ3v) is 3.04. The number of hydrogen-bond donors (Lipinski definition) is 0. The first-order valence-electron chi connectivity index (χ1n) is 5.99. The van der Waals surface area contributed by atoms with Crippen molar-refractivity contribution in [3.8, 4) is 0 Å². The van der Waals surface area contributed by atoms with Crippen LogP contribution in [0.4, 0.5) is 0 Å². The third kappa shape index (κ3) is 4.59. The first kappa shape index (κ1) is 15.6. The van der Waals surface area contributed by atoms with Gasteiger partial charge in [-0.25, -0.2) is 23.2 Å². The Kier molecular flexibility index (Phi) is 4.99. The molecule has 6 nitrogen and oxygen atoms in total. The zero-order valence-electron chi connectivity index (χ0n) is 11.5. The van der Waals surface area contributed by atoms with Crippen molar-refractivity contribution in [1.82, 2.24) is 9.97 Å². The maximum absolute atomic E-state index is 11.7. The van der Waals surface area contributed by atoms with Gasteiger partial charge in [0.05, 0.1) is 6.61 Å². The van der Waals surface area contributed by atoms with Gasteiger partial charge in [0, 0.05) is 11.9 Å². The van der Waals surface area contributed by atoms with E-state index in [-0.39, 0.29) is 23.4 Å². The van der Waals surface area contributed by atoms with E-state index >= 15 is 0 Å². The van der Waals surface area contributed by atoms with Gasteiger partial charge in [-0.15, -0.1) is 0 Å². The molecule has 0 aromatic carbocycles. The minimum Gasteiger partial charge on any atom is -0.461 e. The third-order valence-electron chi connectivity index (χ3n) is 2.19. The molecule has 0 bridgehead atoms. The summed E-state index contributed by atoms with van der Waals surface area (Å²) < 4.78 is 27.9. The van der Waals surface area contributed by atoms with Gasteiger partial charge in [-0.1, -0.05) is 13.8 Å². The van der Waals surface area contributed by atoms with Crippen LogP contribution in [-0.2, 0) is 21.0 Å². The Morgan fingerprint density at radius 2 is 2.00 bits per heavy atom. The summed E-state index contributed by atoms with van der Waals surface area (Å²) >= 11 is 0. The molecule has 0 unspecified atom stereocenters. The predicted molar refractivity (Wildman–Crippen MR) is 69.6 cm³/mol. The van der Waals surface area contributed by atoms with Crippen LogP contribution in [0.25, 0.3) is 0 Å². The molecule has 0 fully saturated rings. The number of carbonyl (C=O) groups excluding carboxylic acids is 1. The minimum atomic E-state index is -3.56. The van der Waals surface area contributed by atoms with E-state index in [1.54, 1.807) is 6.92 Å². The standard InChI is InChI=1S/C12H18N2O4S/c1-5-18-11(15)10-7-9(6-8(2)3)13-12(14-10)19(4,16)17/h7-8H,5-6H2,1-4H3. The molecular formula is C12H18N2O4S. The van der Waals surface area contributed by atoms with Gasteiger partial charge in [-0.05, 0) is 25.3 Å². The first-order chi connectivity index (χ1) is 8.74. The van der Waals surface area contributed by atoms with Crippen LogP contribution in [0.2, 0.25) is 0 Å². The Labute approximate surface area is 113 Å². The number of nitrogens with zero attached hydrogens (tertiary/aromatic N) is 2. The van der Waals surface area contributed by atoms with Gasteiger partial charge in [-0.2, -0.15) is 0 Å². The van der Waals surface area contributed by atoms with Crippen LogP contribution in [0.15, 0.2) is 11.2 Å². The largest absolute Gasteiger partial charge is 0.461 e. The van der Waals surface area contributed by atoms with Gasteiger partial charge in [0.2, 0.25) is 15.0 Å². The molecule has 0 radical (unpaired) electrons. The highest BCUT2D eigenvalue weighted by molar-refractivity contribution is 7.90. The first-order valence-corrected chi connectivity index (χ1v) is 7.88. The number of carbonyl (C=O) groups is 1. The van der Waals surface area contributed by atoms with Crippen LogP contribution in [0, 0.1) is 5.92 Å². The van der Waals surface area contributed by atoms with Crippen LogP contribution >= 0.6 is 0 Å². The highest BCUT2D eigenvalue weighted by Crippen LogP contribution is 2.11. The quantitative estimate of drug-likeness (QED) is 0.598. The Morgan fingerprint density at radius 3 is 2.47 bits per heavy atom. The molecule has 0 atom stereocenters. The summed E-state index contributed by atoms with van der Waals surface area (Å²) in [7, 11) is -3.56. The van der Waals surface area contributed by atoms with Crippen LogP contribution in [0.3, 0.4) is 0 Å². The molecule has 7 heteroatoms. The van der Waals surface area contributed by atoms with Crippen LogP contribution in [0.5, 0.6) is 0 Å². The molecule has 1 rings (SSSR count). The van der Waals surface area contributed by atoms with Gasteiger partial charge in [-0.3, -0.25) is 0 Å². The zero-order chi connectivity index (χ0) is 14.6. The lowest BCUT2D eigenvalue weighted by atomic mass is 10.1. The van der Waals surface area contributed by atoms with E-state index in [0.717, 1.165) is 6.26 Å². The fraction of sp³-hybridized carbons (Fsp3) is 0.583. The maximum Gasteiger partial charge on any atom is 0.357 e. The molecule has 0 aliphatic rings. The number of esters is 1. The van der Waals surface area contributed by atoms with Crippen molar-refractivity contribution < 1.29 is 17.9 Å². The fourth-order valence-electron chi connectivity index (χ4n) is 1.47. The Morgan fingerprint density at radius 1 is 1.37 bits per heavy atom. The molecule has 0 amide bonds. The molecule has 0 aliphatic carbocycles. The second-order valence-electron chi connectivity index (χ2n) is 4.62. The van der Waals surface area contributed by atoms with Crippen molar-refractivity contribution in [2.24, 2.45) is 5.92 Å². The second-order valence-corrected chi connectivity index (χ2v) is 6.53. The summed E-state index contributed by atoms with van der Waals surface area (Å²) in [5.41, 5.74) is 0.501. The Balaban J connectivity index is 3.28. The molecule has 19 heavy (non-hydrogen) atoms. The number of ether oxygens (including phenoxy) is 1. The molecule has 0 aliphatic heterocycles. The van der Waals surface area contributed by atoms with Crippen molar-refractivity contribution in [3.05, 3.63) is 17.5 Å². The lowest BCUT2D eigenvalue weighted by Gasteiger charge is -2.08. The molecule has 0 spiro atoms. The van der Waals surface area contributed by atoms with Gasteiger partial charge in [0.25, 0.3) is 0 Å². The van der Waals surface area contributed by atoms with Crippen molar-refractivity contribution in [2.75, 3.05) is 12.9 Å². The van der Waals surface area contributed by atoms with Crippen molar-refractivity contribution >= 4 is 15.8 Å².